The lowest BCUT2D eigenvalue weighted by atomic mass is 9.72. The van der Waals surface area contributed by atoms with Gasteiger partial charge in [0.15, 0.2) is 5.75 Å². The van der Waals surface area contributed by atoms with Crippen LogP contribution in [0, 0.1) is 5.92 Å². The van der Waals surface area contributed by atoms with E-state index in [1.807, 2.05) is 18.2 Å². The van der Waals surface area contributed by atoms with E-state index in [1.165, 1.54) is 24.2 Å². The molecule has 1 unspecified atom stereocenters. The van der Waals surface area contributed by atoms with Crippen LogP contribution in [0.25, 0.3) is 10.1 Å². The molecule has 2 bridgehead atoms. The van der Waals surface area contributed by atoms with Crippen LogP contribution >= 0.6 is 35.3 Å². The molecule has 4 heterocycles. The van der Waals surface area contributed by atoms with E-state index >= 15 is 0 Å². The maximum absolute atomic E-state index is 12.9. The number of piperidine rings is 3. The minimum atomic E-state index is 0. The Labute approximate surface area is 169 Å². The number of nitrogens with one attached hydrogen (secondary N) is 1. The molecular formula is C19H24Cl2N2O2S. The molecule has 0 radical (unpaired) electrons. The first-order valence-electron chi connectivity index (χ1n) is 8.74. The molecule has 1 amide bonds. The quantitative estimate of drug-likeness (QED) is 0.798. The summed E-state index contributed by atoms with van der Waals surface area (Å²) in [6, 6.07) is 5.88. The maximum Gasteiger partial charge on any atom is 0.261 e. The summed E-state index contributed by atoms with van der Waals surface area (Å²) in [6.07, 6.45) is 2.34. The predicted octanol–water partition coefficient (Wildman–Crippen LogP) is 4.59. The lowest BCUT2D eigenvalue weighted by molar-refractivity contribution is -0.0377. The number of ether oxygens (including phenoxy) is 1. The molecule has 3 saturated heterocycles. The number of carbonyl (C=O) groups is 1. The molecule has 1 aromatic carbocycles. The standard InChI is InChI=1S/C19H23ClN2O2S.ClH/c1-19(2)17(11-6-8-22(19)9-7-11)21-18(23)14-10-12-4-5-13(20)15(24-3)16(12)25-14;/h4-5,10-11,17H,6-9H2,1-3H3,(H,21,23);1H. The number of amides is 1. The van der Waals surface area contributed by atoms with Gasteiger partial charge in [-0.15, -0.1) is 23.7 Å². The van der Waals surface area contributed by atoms with E-state index in [0.717, 1.165) is 23.2 Å². The van der Waals surface area contributed by atoms with Gasteiger partial charge in [0.05, 0.1) is 21.7 Å². The number of fused-ring (bicyclic) bond motifs is 4. The molecule has 0 saturated carbocycles. The highest BCUT2D eigenvalue weighted by molar-refractivity contribution is 7.21. The summed E-state index contributed by atoms with van der Waals surface area (Å²) in [5.41, 5.74) is 0.00844. The number of halogens is 2. The smallest absolute Gasteiger partial charge is 0.261 e. The van der Waals surface area contributed by atoms with Crippen molar-refractivity contribution in [3.63, 3.8) is 0 Å². The van der Waals surface area contributed by atoms with E-state index in [9.17, 15) is 4.79 Å². The maximum atomic E-state index is 12.9. The fraction of sp³-hybridized carbons (Fsp3) is 0.526. The summed E-state index contributed by atoms with van der Waals surface area (Å²) in [4.78, 5) is 16.2. The third kappa shape index (κ3) is 3.09. The van der Waals surface area contributed by atoms with Crippen LogP contribution in [-0.2, 0) is 0 Å². The Hall–Kier alpha value is -1.01. The Morgan fingerprint density at radius 2 is 2.04 bits per heavy atom. The zero-order valence-electron chi connectivity index (χ0n) is 15.2. The summed E-state index contributed by atoms with van der Waals surface area (Å²) in [6.45, 7) is 6.78. The van der Waals surface area contributed by atoms with Crippen molar-refractivity contribution in [2.45, 2.75) is 38.3 Å². The van der Waals surface area contributed by atoms with Gasteiger partial charge in [-0.05, 0) is 63.2 Å². The van der Waals surface area contributed by atoms with Gasteiger partial charge in [0, 0.05) is 11.6 Å². The molecule has 26 heavy (non-hydrogen) atoms. The van der Waals surface area contributed by atoms with E-state index < -0.39 is 0 Å². The molecule has 3 aliphatic rings. The van der Waals surface area contributed by atoms with Crippen molar-refractivity contribution < 1.29 is 9.53 Å². The van der Waals surface area contributed by atoms with Gasteiger partial charge in [-0.2, -0.15) is 0 Å². The second-order valence-corrected chi connectivity index (χ2v) is 9.00. The average molecular weight is 415 g/mol. The Bertz CT molecular complexity index is 828. The first kappa shape index (κ1) is 19.7. The third-order valence-electron chi connectivity index (χ3n) is 5.89. The van der Waals surface area contributed by atoms with Crippen LogP contribution in [0.15, 0.2) is 18.2 Å². The van der Waals surface area contributed by atoms with Crippen LogP contribution in [0.4, 0.5) is 0 Å². The zero-order chi connectivity index (χ0) is 17.8. The highest BCUT2D eigenvalue weighted by Crippen LogP contribution is 2.41. The van der Waals surface area contributed by atoms with Crippen molar-refractivity contribution in [2.24, 2.45) is 5.92 Å². The molecule has 1 atom stereocenters. The van der Waals surface area contributed by atoms with Crippen LogP contribution in [0.3, 0.4) is 0 Å². The van der Waals surface area contributed by atoms with E-state index in [0.29, 0.717) is 21.6 Å². The summed E-state index contributed by atoms with van der Waals surface area (Å²) in [7, 11) is 1.61. The highest BCUT2D eigenvalue weighted by atomic mass is 35.5. The molecule has 1 aromatic heterocycles. The number of hydrogen-bond donors (Lipinski definition) is 1. The SMILES string of the molecule is COc1c(Cl)ccc2cc(C(=O)NC3C4CCN(CC4)C3(C)C)sc12.Cl. The van der Waals surface area contributed by atoms with Crippen molar-refractivity contribution in [1.29, 1.82) is 0 Å². The van der Waals surface area contributed by atoms with Gasteiger partial charge >= 0.3 is 0 Å². The number of carbonyl (C=O) groups excluding carboxylic acids is 1. The minimum Gasteiger partial charge on any atom is -0.494 e. The Morgan fingerprint density at radius 3 is 2.65 bits per heavy atom. The molecule has 0 spiro atoms. The number of benzene rings is 1. The fourth-order valence-corrected chi connectivity index (χ4v) is 5.82. The van der Waals surface area contributed by atoms with Crippen LogP contribution in [0.5, 0.6) is 5.75 Å². The van der Waals surface area contributed by atoms with Crippen LogP contribution < -0.4 is 10.1 Å². The minimum absolute atomic E-state index is 0. The Morgan fingerprint density at radius 1 is 1.35 bits per heavy atom. The largest absolute Gasteiger partial charge is 0.494 e. The summed E-state index contributed by atoms with van der Waals surface area (Å²) in [5, 5.41) is 4.89. The normalized spacial score (nSPS) is 26.4. The molecule has 0 aliphatic carbocycles. The highest BCUT2D eigenvalue weighted by Gasteiger charge is 2.48. The van der Waals surface area contributed by atoms with Gasteiger partial charge in [-0.3, -0.25) is 9.69 Å². The molecule has 1 N–H and O–H groups in total. The number of hydrogen-bond acceptors (Lipinski definition) is 4. The number of nitrogens with zero attached hydrogens (tertiary/aromatic N) is 1. The Kier molecular flexibility index (Phi) is 5.46. The monoisotopic (exact) mass is 414 g/mol. The van der Waals surface area contributed by atoms with Crippen LogP contribution in [-0.4, -0.2) is 42.6 Å². The number of thiophene rings is 1. The molecule has 7 heteroatoms. The lowest BCUT2D eigenvalue weighted by Crippen LogP contribution is -2.69. The second kappa shape index (κ2) is 7.19. The van der Waals surface area contributed by atoms with Gasteiger partial charge in [0.2, 0.25) is 0 Å². The molecular weight excluding hydrogens is 391 g/mol. The summed E-state index contributed by atoms with van der Waals surface area (Å²) < 4.78 is 6.34. The topological polar surface area (TPSA) is 41.6 Å². The summed E-state index contributed by atoms with van der Waals surface area (Å²) >= 11 is 7.65. The van der Waals surface area contributed by atoms with E-state index in [4.69, 9.17) is 16.3 Å². The molecule has 5 rings (SSSR count). The van der Waals surface area contributed by atoms with Crippen molar-refractivity contribution in [2.75, 3.05) is 20.2 Å². The third-order valence-corrected chi connectivity index (χ3v) is 7.34. The number of methoxy groups -OCH3 is 1. The fourth-order valence-electron chi connectivity index (χ4n) is 4.44. The predicted molar refractivity (Wildman–Crippen MR) is 110 cm³/mol. The first-order valence-corrected chi connectivity index (χ1v) is 9.93. The number of rotatable bonds is 3. The molecule has 3 aliphatic heterocycles. The summed E-state index contributed by atoms with van der Waals surface area (Å²) in [5.74, 6) is 1.22. The lowest BCUT2D eigenvalue weighted by Gasteiger charge is -2.56. The van der Waals surface area contributed by atoms with Crippen LogP contribution in [0.1, 0.15) is 36.4 Å². The van der Waals surface area contributed by atoms with Crippen LogP contribution in [0.2, 0.25) is 5.02 Å². The second-order valence-electron chi connectivity index (χ2n) is 7.54. The van der Waals surface area contributed by atoms with Gasteiger partial charge in [0.1, 0.15) is 0 Å². The molecule has 2 aromatic rings. The van der Waals surface area contributed by atoms with Crippen molar-refractivity contribution in [3.05, 3.63) is 28.1 Å². The molecule has 142 valence electrons. The van der Waals surface area contributed by atoms with E-state index in [-0.39, 0.29) is 29.9 Å². The van der Waals surface area contributed by atoms with Crippen molar-refractivity contribution in [1.82, 2.24) is 10.2 Å². The zero-order valence-corrected chi connectivity index (χ0v) is 17.6. The Balaban J connectivity index is 0.00000196. The van der Waals surface area contributed by atoms with Crippen molar-refractivity contribution >= 4 is 51.3 Å². The molecule has 4 nitrogen and oxygen atoms in total. The van der Waals surface area contributed by atoms with E-state index in [2.05, 4.69) is 24.1 Å². The van der Waals surface area contributed by atoms with Crippen molar-refractivity contribution in [3.8, 4) is 5.75 Å². The average Bonchev–Trinajstić information content (AvgIpc) is 3.02. The van der Waals surface area contributed by atoms with Gasteiger partial charge < -0.3 is 10.1 Å². The molecule has 3 fully saturated rings. The van der Waals surface area contributed by atoms with Gasteiger partial charge in [0.25, 0.3) is 5.91 Å². The van der Waals surface area contributed by atoms with E-state index in [1.54, 1.807) is 7.11 Å². The first-order chi connectivity index (χ1) is 11.9. The van der Waals surface area contributed by atoms with Gasteiger partial charge in [-0.25, -0.2) is 0 Å². The van der Waals surface area contributed by atoms with Gasteiger partial charge in [-0.1, -0.05) is 17.7 Å².